The summed E-state index contributed by atoms with van der Waals surface area (Å²) in [6.45, 7) is 0. The highest BCUT2D eigenvalue weighted by atomic mass is 35.5. The van der Waals surface area contributed by atoms with E-state index in [1.807, 2.05) is 0 Å². The summed E-state index contributed by atoms with van der Waals surface area (Å²) < 4.78 is 0. The molecular weight excluding hydrogens is 202 g/mol. The lowest BCUT2D eigenvalue weighted by Crippen LogP contribution is -1.97. The topological polar surface area (TPSA) is 50.2 Å². The molecule has 0 spiro atoms. The third kappa shape index (κ3) is 3.08. The van der Waals surface area contributed by atoms with E-state index in [0.717, 1.165) is 0 Å². The van der Waals surface area contributed by atoms with Gasteiger partial charge < -0.3 is 5.11 Å². The van der Waals surface area contributed by atoms with Crippen molar-refractivity contribution >= 4 is 17.6 Å². The van der Waals surface area contributed by atoms with Crippen LogP contribution in [0.5, 0.6) is 0 Å². The monoisotopic (exact) mass is 209 g/mol. The van der Waals surface area contributed by atoms with Gasteiger partial charge in [-0.05, 0) is 18.1 Å². The van der Waals surface area contributed by atoms with Gasteiger partial charge in [0.1, 0.15) is 5.69 Å². The van der Waals surface area contributed by atoms with Gasteiger partial charge in [-0.1, -0.05) is 5.92 Å². The Morgan fingerprint density at radius 3 is 3.07 bits per heavy atom. The third-order valence-electron chi connectivity index (χ3n) is 1.44. The van der Waals surface area contributed by atoms with Crippen LogP contribution in [0, 0.1) is 11.8 Å². The fourth-order valence-electron chi connectivity index (χ4n) is 0.832. The highest BCUT2D eigenvalue weighted by molar-refractivity contribution is 6.18. The summed E-state index contributed by atoms with van der Waals surface area (Å²) in [6.07, 6.45) is 1.99. The van der Waals surface area contributed by atoms with Gasteiger partial charge in [0, 0.05) is 18.5 Å². The summed E-state index contributed by atoms with van der Waals surface area (Å²) in [7, 11) is 0. The maximum absolute atomic E-state index is 10.6. The molecule has 0 aliphatic heterocycles. The van der Waals surface area contributed by atoms with Crippen molar-refractivity contribution in [3.05, 3.63) is 29.6 Å². The van der Waals surface area contributed by atoms with Crippen LogP contribution in [0.4, 0.5) is 0 Å². The van der Waals surface area contributed by atoms with Crippen LogP contribution in [-0.4, -0.2) is 21.9 Å². The Morgan fingerprint density at radius 2 is 2.43 bits per heavy atom. The van der Waals surface area contributed by atoms with Gasteiger partial charge in [0.05, 0.1) is 5.56 Å². The predicted molar refractivity (Wildman–Crippen MR) is 53.4 cm³/mol. The van der Waals surface area contributed by atoms with Crippen LogP contribution in [0.25, 0.3) is 0 Å². The Morgan fingerprint density at radius 1 is 1.64 bits per heavy atom. The summed E-state index contributed by atoms with van der Waals surface area (Å²) in [4.78, 5) is 14.5. The van der Waals surface area contributed by atoms with Crippen LogP contribution in [0.1, 0.15) is 22.5 Å². The molecule has 0 saturated heterocycles. The van der Waals surface area contributed by atoms with Gasteiger partial charge in [0.25, 0.3) is 0 Å². The number of halogens is 1. The fraction of sp³-hybridized carbons (Fsp3) is 0.200. The molecule has 1 rings (SSSR count). The number of hydrogen-bond acceptors (Lipinski definition) is 2. The minimum Gasteiger partial charge on any atom is -0.478 e. The molecule has 1 N–H and O–H groups in total. The standard InChI is InChI=1S/C10H8ClNO2/c11-5-2-1-3-9-7-8(10(13)14)4-6-12-9/h4,6-7H,2,5H2,(H,13,14). The number of carbonyl (C=O) groups is 1. The molecule has 0 radical (unpaired) electrons. The summed E-state index contributed by atoms with van der Waals surface area (Å²) >= 11 is 5.43. The molecule has 1 aromatic rings. The number of alkyl halides is 1. The maximum Gasteiger partial charge on any atom is 0.335 e. The lowest BCUT2D eigenvalue weighted by molar-refractivity contribution is 0.0696. The minimum absolute atomic E-state index is 0.190. The molecule has 14 heavy (non-hydrogen) atoms. The van der Waals surface area contributed by atoms with Crippen molar-refractivity contribution in [2.45, 2.75) is 6.42 Å². The SMILES string of the molecule is O=C(O)c1ccnc(C#CCCCl)c1. The number of nitrogens with zero attached hydrogens (tertiary/aromatic N) is 1. The van der Waals surface area contributed by atoms with Crippen LogP contribution in [0.2, 0.25) is 0 Å². The first-order valence-corrected chi connectivity index (χ1v) is 4.51. The van der Waals surface area contributed by atoms with Gasteiger partial charge in [-0.25, -0.2) is 9.78 Å². The average Bonchev–Trinajstić information content (AvgIpc) is 2.19. The highest BCUT2D eigenvalue weighted by Gasteiger charge is 2.01. The number of carboxylic acid groups (broad SMARTS) is 1. The Labute approximate surface area is 86.7 Å². The molecule has 3 nitrogen and oxygen atoms in total. The van der Waals surface area contributed by atoms with Gasteiger partial charge in [-0.2, -0.15) is 0 Å². The molecule has 0 aliphatic carbocycles. The van der Waals surface area contributed by atoms with Gasteiger partial charge in [-0.15, -0.1) is 11.6 Å². The zero-order chi connectivity index (χ0) is 10.4. The summed E-state index contributed by atoms with van der Waals surface area (Å²) in [5.41, 5.74) is 0.644. The number of hydrogen-bond donors (Lipinski definition) is 1. The van der Waals surface area contributed by atoms with E-state index in [1.54, 1.807) is 0 Å². The zero-order valence-corrected chi connectivity index (χ0v) is 8.08. The molecule has 4 heteroatoms. The second kappa shape index (κ2) is 5.25. The quantitative estimate of drug-likeness (QED) is 0.597. The number of aromatic nitrogens is 1. The van der Waals surface area contributed by atoms with E-state index < -0.39 is 5.97 Å². The van der Waals surface area contributed by atoms with Crippen molar-refractivity contribution in [2.24, 2.45) is 0 Å². The van der Waals surface area contributed by atoms with Crippen LogP contribution in [-0.2, 0) is 0 Å². The Bertz CT molecular complexity index is 393. The van der Waals surface area contributed by atoms with Crippen molar-refractivity contribution in [3.63, 3.8) is 0 Å². The first kappa shape index (κ1) is 10.6. The summed E-state index contributed by atoms with van der Waals surface area (Å²) in [5.74, 6) is 5.00. The van der Waals surface area contributed by atoms with E-state index in [4.69, 9.17) is 16.7 Å². The molecule has 0 saturated carbocycles. The van der Waals surface area contributed by atoms with Crippen LogP contribution in [0.3, 0.4) is 0 Å². The summed E-state index contributed by atoms with van der Waals surface area (Å²) in [5, 5.41) is 8.68. The lowest BCUT2D eigenvalue weighted by Gasteiger charge is -1.93. The lowest BCUT2D eigenvalue weighted by atomic mass is 10.2. The Hall–Kier alpha value is -1.53. The van der Waals surface area contributed by atoms with Gasteiger partial charge in [0.2, 0.25) is 0 Å². The highest BCUT2D eigenvalue weighted by Crippen LogP contribution is 2.00. The summed E-state index contributed by atoms with van der Waals surface area (Å²) in [6, 6.07) is 2.86. The molecule has 0 atom stereocenters. The number of aromatic carboxylic acids is 1. The van der Waals surface area contributed by atoms with E-state index in [0.29, 0.717) is 18.0 Å². The molecule has 1 aromatic heterocycles. The van der Waals surface area contributed by atoms with E-state index in [9.17, 15) is 4.79 Å². The van der Waals surface area contributed by atoms with E-state index >= 15 is 0 Å². The Balaban J connectivity index is 2.85. The molecule has 0 aliphatic rings. The molecular formula is C10H8ClNO2. The maximum atomic E-state index is 10.6. The van der Waals surface area contributed by atoms with Crippen molar-refractivity contribution in [2.75, 3.05) is 5.88 Å². The van der Waals surface area contributed by atoms with Crippen molar-refractivity contribution in [3.8, 4) is 11.8 Å². The van der Waals surface area contributed by atoms with Crippen molar-refractivity contribution in [1.29, 1.82) is 0 Å². The first-order valence-electron chi connectivity index (χ1n) is 3.98. The second-order valence-electron chi connectivity index (χ2n) is 2.48. The largest absolute Gasteiger partial charge is 0.478 e. The molecule has 0 bridgehead atoms. The molecule has 72 valence electrons. The number of pyridine rings is 1. The molecule has 0 amide bonds. The average molecular weight is 210 g/mol. The van der Waals surface area contributed by atoms with E-state index in [-0.39, 0.29) is 5.56 Å². The number of carboxylic acids is 1. The minimum atomic E-state index is -0.979. The zero-order valence-electron chi connectivity index (χ0n) is 7.33. The van der Waals surface area contributed by atoms with Crippen LogP contribution >= 0.6 is 11.6 Å². The second-order valence-corrected chi connectivity index (χ2v) is 2.85. The van der Waals surface area contributed by atoms with Crippen molar-refractivity contribution < 1.29 is 9.90 Å². The number of rotatable bonds is 2. The normalized spacial score (nSPS) is 8.93. The molecule has 0 aromatic carbocycles. The molecule has 0 unspecified atom stereocenters. The van der Waals surface area contributed by atoms with Crippen molar-refractivity contribution in [1.82, 2.24) is 4.98 Å². The Kier molecular flexibility index (Phi) is 3.96. The molecule has 0 fully saturated rings. The smallest absolute Gasteiger partial charge is 0.335 e. The first-order chi connectivity index (χ1) is 6.74. The van der Waals surface area contributed by atoms with Crippen LogP contribution < -0.4 is 0 Å². The molecule has 1 heterocycles. The van der Waals surface area contributed by atoms with Gasteiger partial charge in [0.15, 0.2) is 0 Å². The van der Waals surface area contributed by atoms with E-state index in [1.165, 1.54) is 18.3 Å². The van der Waals surface area contributed by atoms with E-state index in [2.05, 4.69) is 16.8 Å². The third-order valence-corrected chi connectivity index (χ3v) is 1.63. The predicted octanol–water partition coefficient (Wildman–Crippen LogP) is 1.76. The van der Waals surface area contributed by atoms with Crippen LogP contribution in [0.15, 0.2) is 18.3 Å². The fourth-order valence-corrected chi connectivity index (χ4v) is 0.927. The van der Waals surface area contributed by atoms with Gasteiger partial charge >= 0.3 is 5.97 Å². The van der Waals surface area contributed by atoms with Gasteiger partial charge in [-0.3, -0.25) is 0 Å².